The quantitative estimate of drug-likeness (QED) is 0.230. The third kappa shape index (κ3) is 5.08. The first-order valence-corrected chi connectivity index (χ1v) is 11.1. The Bertz CT molecular complexity index is 1270. The van der Waals surface area contributed by atoms with Gasteiger partial charge in [-0.25, -0.2) is 4.79 Å². The van der Waals surface area contributed by atoms with Gasteiger partial charge in [0.15, 0.2) is 11.5 Å². The Morgan fingerprint density at radius 1 is 1.12 bits per heavy atom. The van der Waals surface area contributed by atoms with E-state index < -0.39 is 17.1 Å². The number of nitrogens with zero attached hydrogens (tertiary/aromatic N) is 1. The summed E-state index contributed by atoms with van der Waals surface area (Å²) >= 11 is 12.9. The molecule has 1 aliphatic heterocycles. The molecule has 0 N–H and O–H groups in total. The first-order chi connectivity index (χ1) is 15.9. The molecule has 2 aromatic carbocycles. The standard InChI is InChI=1S/C23H15Cl2NO6S/c1-30-19-9-13(4-7-17(19)32-22(28)18-3-2-8-31-18)10-20-21(27)26(23(29)33-20)12-14-5-6-15(24)11-16(14)25/h2-11H,12H2,1H3/b20-10-. The molecule has 1 aliphatic rings. The molecular weight excluding hydrogens is 489 g/mol. The van der Waals surface area contributed by atoms with Crippen molar-refractivity contribution >= 4 is 58.2 Å². The Kier molecular flexibility index (Phi) is 6.78. The topological polar surface area (TPSA) is 86.0 Å². The minimum atomic E-state index is -0.673. The van der Waals surface area contributed by atoms with Gasteiger partial charge in [-0.3, -0.25) is 14.5 Å². The van der Waals surface area contributed by atoms with Gasteiger partial charge in [0.05, 0.1) is 24.8 Å². The van der Waals surface area contributed by atoms with Gasteiger partial charge in [0.2, 0.25) is 5.76 Å². The van der Waals surface area contributed by atoms with Crippen LogP contribution in [0.25, 0.3) is 6.08 Å². The number of esters is 1. The van der Waals surface area contributed by atoms with Gasteiger partial charge in [-0.05, 0) is 65.4 Å². The highest BCUT2D eigenvalue weighted by Gasteiger charge is 2.35. The monoisotopic (exact) mass is 503 g/mol. The van der Waals surface area contributed by atoms with Crippen LogP contribution in [0, 0.1) is 0 Å². The van der Waals surface area contributed by atoms with E-state index in [1.807, 2.05) is 0 Å². The van der Waals surface area contributed by atoms with Crippen molar-refractivity contribution in [3.05, 3.63) is 86.6 Å². The molecule has 1 fully saturated rings. The fourth-order valence-corrected chi connectivity index (χ4v) is 4.32. The molecule has 4 rings (SSSR count). The van der Waals surface area contributed by atoms with Gasteiger partial charge >= 0.3 is 5.97 Å². The predicted octanol–water partition coefficient (Wildman–Crippen LogP) is 6.05. The van der Waals surface area contributed by atoms with E-state index in [4.69, 9.17) is 37.1 Å². The van der Waals surface area contributed by atoms with Gasteiger partial charge in [-0.15, -0.1) is 0 Å². The average molecular weight is 504 g/mol. The molecule has 0 aliphatic carbocycles. The molecule has 2 heterocycles. The smallest absolute Gasteiger partial charge is 0.379 e. The van der Waals surface area contributed by atoms with Crippen LogP contribution in [-0.2, 0) is 11.3 Å². The number of methoxy groups -OCH3 is 1. The van der Waals surface area contributed by atoms with Crippen LogP contribution in [-0.4, -0.2) is 29.1 Å². The lowest BCUT2D eigenvalue weighted by Gasteiger charge is -2.13. The van der Waals surface area contributed by atoms with Crippen LogP contribution in [0.1, 0.15) is 21.7 Å². The third-order valence-corrected chi connectivity index (χ3v) is 6.12. The number of amides is 2. The highest BCUT2D eigenvalue weighted by atomic mass is 35.5. The number of ether oxygens (including phenoxy) is 2. The summed E-state index contributed by atoms with van der Waals surface area (Å²) in [5.74, 6) is -0.607. The molecule has 1 aromatic heterocycles. The van der Waals surface area contributed by atoms with E-state index in [1.54, 1.807) is 42.5 Å². The summed E-state index contributed by atoms with van der Waals surface area (Å²) in [4.78, 5) is 38.8. The van der Waals surface area contributed by atoms with Gasteiger partial charge in [0.25, 0.3) is 11.1 Å². The van der Waals surface area contributed by atoms with Crippen LogP contribution in [0.4, 0.5) is 4.79 Å². The Morgan fingerprint density at radius 3 is 2.64 bits per heavy atom. The molecule has 0 unspecified atom stereocenters. The number of carbonyl (C=O) groups is 3. The molecule has 3 aromatic rings. The molecule has 7 nitrogen and oxygen atoms in total. The van der Waals surface area contributed by atoms with Gasteiger partial charge in [0.1, 0.15) is 0 Å². The highest BCUT2D eigenvalue weighted by molar-refractivity contribution is 8.18. The lowest BCUT2D eigenvalue weighted by Crippen LogP contribution is -2.27. The predicted molar refractivity (Wildman–Crippen MR) is 125 cm³/mol. The van der Waals surface area contributed by atoms with Crippen molar-refractivity contribution in [3.63, 3.8) is 0 Å². The van der Waals surface area contributed by atoms with Crippen molar-refractivity contribution in [2.45, 2.75) is 6.54 Å². The maximum Gasteiger partial charge on any atom is 0.379 e. The summed E-state index contributed by atoms with van der Waals surface area (Å²) < 4.78 is 15.6. The first-order valence-electron chi connectivity index (χ1n) is 9.48. The minimum Gasteiger partial charge on any atom is -0.493 e. The zero-order valence-corrected chi connectivity index (χ0v) is 19.4. The van der Waals surface area contributed by atoms with Crippen molar-refractivity contribution < 1.29 is 28.3 Å². The molecular formula is C23H15Cl2NO6S. The summed E-state index contributed by atoms with van der Waals surface area (Å²) in [5, 5.41) is 0.424. The van der Waals surface area contributed by atoms with Crippen LogP contribution in [0.3, 0.4) is 0 Å². The number of thioether (sulfide) groups is 1. The summed E-state index contributed by atoms with van der Waals surface area (Å²) in [6.07, 6.45) is 2.93. The molecule has 2 amide bonds. The normalized spacial score (nSPS) is 14.8. The van der Waals surface area contributed by atoms with Crippen molar-refractivity contribution in [2.75, 3.05) is 7.11 Å². The Hall–Kier alpha value is -3.20. The Balaban J connectivity index is 1.53. The second-order valence-corrected chi connectivity index (χ2v) is 8.62. The van der Waals surface area contributed by atoms with Gasteiger partial charge < -0.3 is 13.9 Å². The van der Waals surface area contributed by atoms with E-state index in [2.05, 4.69) is 0 Å². The second-order valence-electron chi connectivity index (χ2n) is 6.78. The Morgan fingerprint density at radius 2 is 1.94 bits per heavy atom. The third-order valence-electron chi connectivity index (χ3n) is 4.63. The van der Waals surface area contributed by atoms with Crippen molar-refractivity contribution in [3.8, 4) is 11.5 Å². The van der Waals surface area contributed by atoms with Crippen molar-refractivity contribution in [1.29, 1.82) is 0 Å². The second kappa shape index (κ2) is 9.74. The summed E-state index contributed by atoms with van der Waals surface area (Å²) in [7, 11) is 1.42. The highest BCUT2D eigenvalue weighted by Crippen LogP contribution is 2.36. The lowest BCUT2D eigenvalue weighted by molar-refractivity contribution is -0.123. The number of carbonyl (C=O) groups excluding carboxylic acids is 3. The first kappa shape index (κ1) is 23.0. The average Bonchev–Trinajstić information content (AvgIpc) is 3.41. The molecule has 0 saturated carbocycles. The molecule has 0 radical (unpaired) electrons. The maximum absolute atomic E-state index is 12.8. The lowest BCUT2D eigenvalue weighted by atomic mass is 10.1. The van der Waals surface area contributed by atoms with E-state index in [-0.39, 0.29) is 28.7 Å². The number of imide groups is 1. The zero-order chi connectivity index (χ0) is 23.5. The van der Waals surface area contributed by atoms with Crippen molar-refractivity contribution in [1.82, 2.24) is 4.90 Å². The van der Waals surface area contributed by atoms with Crippen LogP contribution >= 0.6 is 35.0 Å². The van der Waals surface area contributed by atoms with E-state index >= 15 is 0 Å². The van der Waals surface area contributed by atoms with E-state index in [9.17, 15) is 14.4 Å². The van der Waals surface area contributed by atoms with Gasteiger partial charge in [-0.2, -0.15) is 0 Å². The van der Waals surface area contributed by atoms with Crippen LogP contribution in [0.5, 0.6) is 11.5 Å². The number of furan rings is 1. The van der Waals surface area contributed by atoms with E-state index in [0.29, 0.717) is 21.2 Å². The molecule has 0 spiro atoms. The van der Waals surface area contributed by atoms with E-state index in [1.165, 1.54) is 25.5 Å². The van der Waals surface area contributed by atoms with E-state index in [0.717, 1.165) is 16.7 Å². The number of rotatable bonds is 6. The van der Waals surface area contributed by atoms with Crippen LogP contribution < -0.4 is 9.47 Å². The molecule has 168 valence electrons. The molecule has 0 bridgehead atoms. The molecule has 0 atom stereocenters. The number of halogens is 2. The Labute approximate surface area is 202 Å². The van der Waals surface area contributed by atoms with Crippen LogP contribution in [0.15, 0.2) is 64.1 Å². The zero-order valence-electron chi connectivity index (χ0n) is 17.0. The van der Waals surface area contributed by atoms with Gasteiger partial charge in [-0.1, -0.05) is 35.3 Å². The summed E-state index contributed by atoms with van der Waals surface area (Å²) in [6.45, 7) is 0.0308. The van der Waals surface area contributed by atoms with Gasteiger partial charge in [0, 0.05) is 10.0 Å². The summed E-state index contributed by atoms with van der Waals surface area (Å²) in [5.41, 5.74) is 1.19. The molecule has 10 heteroatoms. The number of benzene rings is 2. The largest absolute Gasteiger partial charge is 0.493 e. The minimum absolute atomic E-state index is 0.0308. The SMILES string of the molecule is COc1cc(/C=C2\SC(=O)N(Cc3ccc(Cl)cc3Cl)C2=O)ccc1OC(=O)c1ccco1. The molecule has 33 heavy (non-hydrogen) atoms. The number of hydrogen-bond donors (Lipinski definition) is 0. The fraction of sp³-hybridized carbons (Fsp3) is 0.0870. The molecule has 1 saturated heterocycles. The maximum atomic E-state index is 12.8. The fourth-order valence-electron chi connectivity index (χ4n) is 3.01. The number of hydrogen-bond acceptors (Lipinski definition) is 7. The van der Waals surface area contributed by atoms with Crippen LogP contribution in [0.2, 0.25) is 10.0 Å². The summed E-state index contributed by atoms with van der Waals surface area (Å²) in [6, 6.07) is 12.7. The van der Waals surface area contributed by atoms with Crippen molar-refractivity contribution in [2.24, 2.45) is 0 Å².